The van der Waals surface area contributed by atoms with Crippen LogP contribution in [0.1, 0.15) is 27.2 Å². The Kier molecular flexibility index (Phi) is 7.59. The first kappa shape index (κ1) is 18.5. The number of rotatable bonds is 7. The van der Waals surface area contributed by atoms with Gasteiger partial charge >= 0.3 is 6.09 Å². The van der Waals surface area contributed by atoms with Crippen LogP contribution < -0.4 is 16.0 Å². The minimum atomic E-state index is -0.537. The number of hydrogen-bond donors (Lipinski definition) is 3. The van der Waals surface area contributed by atoms with E-state index in [1.807, 2.05) is 13.8 Å². The standard InChI is InChI=1S/C16H23N3O4/c1-4-23-16(22)17-10-9-14(20)18-12-5-7-13(8-6-12)19-15(21)11(2)3/h5-8,11H,4,9-10H2,1-3H3,(H,17,22)(H,18,20)(H,19,21). The normalized spacial score (nSPS) is 10.1. The lowest BCUT2D eigenvalue weighted by atomic mass is 10.2. The van der Waals surface area contributed by atoms with Crippen molar-refractivity contribution in [3.8, 4) is 0 Å². The van der Waals surface area contributed by atoms with Crippen LogP contribution in [-0.4, -0.2) is 31.1 Å². The maximum absolute atomic E-state index is 11.7. The van der Waals surface area contributed by atoms with E-state index in [9.17, 15) is 14.4 Å². The number of nitrogens with one attached hydrogen (secondary N) is 3. The van der Waals surface area contributed by atoms with Gasteiger partial charge in [-0.2, -0.15) is 0 Å². The molecule has 0 fully saturated rings. The average molecular weight is 321 g/mol. The first-order chi connectivity index (χ1) is 10.9. The molecule has 0 heterocycles. The van der Waals surface area contributed by atoms with Crippen molar-refractivity contribution in [2.45, 2.75) is 27.2 Å². The molecule has 0 unspecified atom stereocenters. The summed E-state index contributed by atoms with van der Waals surface area (Å²) in [5.74, 6) is -0.381. The molecule has 0 atom stereocenters. The Morgan fingerprint density at radius 3 is 2.13 bits per heavy atom. The second kappa shape index (κ2) is 9.45. The van der Waals surface area contributed by atoms with Crippen LogP contribution in [0, 0.1) is 5.92 Å². The van der Waals surface area contributed by atoms with Gasteiger partial charge in [0.15, 0.2) is 0 Å². The molecule has 1 aromatic carbocycles. The minimum absolute atomic E-state index is 0.0631. The highest BCUT2D eigenvalue weighted by atomic mass is 16.5. The predicted octanol–water partition coefficient (Wildman–Crippen LogP) is 2.36. The van der Waals surface area contributed by atoms with Gasteiger partial charge in [0, 0.05) is 30.3 Å². The van der Waals surface area contributed by atoms with Crippen LogP contribution in [0.15, 0.2) is 24.3 Å². The Bertz CT molecular complexity index is 541. The lowest BCUT2D eigenvalue weighted by Gasteiger charge is -2.09. The molecule has 7 nitrogen and oxygen atoms in total. The molecule has 0 aliphatic rings. The molecule has 0 saturated heterocycles. The van der Waals surface area contributed by atoms with Crippen molar-refractivity contribution in [3.05, 3.63) is 24.3 Å². The Labute approximate surface area is 135 Å². The van der Waals surface area contributed by atoms with Crippen LogP contribution in [-0.2, 0) is 14.3 Å². The van der Waals surface area contributed by atoms with Crippen molar-refractivity contribution in [3.63, 3.8) is 0 Å². The molecule has 7 heteroatoms. The first-order valence-electron chi connectivity index (χ1n) is 7.53. The molecule has 3 amide bonds. The molecule has 126 valence electrons. The van der Waals surface area contributed by atoms with E-state index in [0.717, 1.165) is 0 Å². The smallest absolute Gasteiger partial charge is 0.407 e. The highest BCUT2D eigenvalue weighted by molar-refractivity contribution is 5.93. The van der Waals surface area contributed by atoms with Crippen molar-refractivity contribution in [2.24, 2.45) is 5.92 Å². The highest BCUT2D eigenvalue weighted by Gasteiger charge is 2.08. The monoisotopic (exact) mass is 321 g/mol. The molecule has 1 rings (SSSR count). The van der Waals surface area contributed by atoms with Crippen molar-refractivity contribution >= 4 is 29.3 Å². The van der Waals surface area contributed by atoms with Gasteiger partial charge in [0.05, 0.1) is 6.61 Å². The van der Waals surface area contributed by atoms with Crippen LogP contribution in [0.2, 0.25) is 0 Å². The van der Waals surface area contributed by atoms with E-state index in [2.05, 4.69) is 20.7 Å². The topological polar surface area (TPSA) is 96.5 Å². The SMILES string of the molecule is CCOC(=O)NCCC(=O)Nc1ccc(NC(=O)C(C)C)cc1. The van der Waals surface area contributed by atoms with Crippen LogP contribution in [0.25, 0.3) is 0 Å². The summed E-state index contributed by atoms with van der Waals surface area (Å²) in [6.07, 6.45) is -0.393. The van der Waals surface area contributed by atoms with Crippen LogP contribution in [0.4, 0.5) is 16.2 Å². The molecule has 0 aliphatic heterocycles. The fourth-order valence-electron chi connectivity index (χ4n) is 1.61. The van der Waals surface area contributed by atoms with Crippen molar-refractivity contribution in [2.75, 3.05) is 23.8 Å². The molecular formula is C16H23N3O4. The number of carbonyl (C=O) groups excluding carboxylic acids is 3. The van der Waals surface area contributed by atoms with E-state index >= 15 is 0 Å². The van der Waals surface area contributed by atoms with Gasteiger partial charge in [0.1, 0.15) is 0 Å². The van der Waals surface area contributed by atoms with Gasteiger partial charge in [0.2, 0.25) is 11.8 Å². The zero-order chi connectivity index (χ0) is 17.2. The highest BCUT2D eigenvalue weighted by Crippen LogP contribution is 2.14. The molecule has 0 bridgehead atoms. The van der Waals surface area contributed by atoms with Crippen LogP contribution in [0.3, 0.4) is 0 Å². The van der Waals surface area contributed by atoms with Gasteiger partial charge in [-0.15, -0.1) is 0 Å². The summed E-state index contributed by atoms with van der Waals surface area (Å²) < 4.78 is 4.69. The van der Waals surface area contributed by atoms with Crippen molar-refractivity contribution < 1.29 is 19.1 Å². The Hall–Kier alpha value is -2.57. The fourth-order valence-corrected chi connectivity index (χ4v) is 1.61. The molecule has 1 aromatic rings. The first-order valence-corrected chi connectivity index (χ1v) is 7.53. The number of benzene rings is 1. The minimum Gasteiger partial charge on any atom is -0.450 e. The summed E-state index contributed by atoms with van der Waals surface area (Å²) in [4.78, 5) is 34.4. The maximum Gasteiger partial charge on any atom is 0.407 e. The Balaban J connectivity index is 2.38. The second-order valence-corrected chi connectivity index (χ2v) is 5.17. The van der Waals surface area contributed by atoms with Crippen molar-refractivity contribution in [1.29, 1.82) is 0 Å². The molecule has 0 aromatic heterocycles. The van der Waals surface area contributed by atoms with E-state index in [0.29, 0.717) is 11.4 Å². The number of ether oxygens (including phenoxy) is 1. The molecule has 0 spiro atoms. The summed E-state index contributed by atoms with van der Waals surface area (Å²) >= 11 is 0. The Morgan fingerprint density at radius 1 is 1.04 bits per heavy atom. The number of hydrogen-bond acceptors (Lipinski definition) is 4. The molecule has 0 aliphatic carbocycles. The van der Waals surface area contributed by atoms with E-state index in [1.54, 1.807) is 31.2 Å². The molecular weight excluding hydrogens is 298 g/mol. The Morgan fingerprint density at radius 2 is 1.61 bits per heavy atom. The number of amides is 3. The fraction of sp³-hybridized carbons (Fsp3) is 0.438. The summed E-state index contributed by atoms with van der Waals surface area (Å²) in [6.45, 7) is 5.83. The summed E-state index contributed by atoms with van der Waals surface area (Å²) in [6, 6.07) is 6.83. The zero-order valence-electron chi connectivity index (χ0n) is 13.6. The third-order valence-electron chi connectivity index (χ3n) is 2.86. The molecule has 23 heavy (non-hydrogen) atoms. The van der Waals surface area contributed by atoms with Gasteiger partial charge in [0.25, 0.3) is 0 Å². The zero-order valence-corrected chi connectivity index (χ0v) is 13.6. The van der Waals surface area contributed by atoms with Crippen molar-refractivity contribution in [1.82, 2.24) is 5.32 Å². The molecule has 0 saturated carbocycles. The van der Waals surface area contributed by atoms with Crippen LogP contribution >= 0.6 is 0 Å². The van der Waals surface area contributed by atoms with E-state index in [1.165, 1.54) is 0 Å². The quantitative estimate of drug-likeness (QED) is 0.718. The summed E-state index contributed by atoms with van der Waals surface area (Å²) in [5.41, 5.74) is 1.29. The summed E-state index contributed by atoms with van der Waals surface area (Å²) in [5, 5.41) is 7.95. The largest absolute Gasteiger partial charge is 0.450 e. The predicted molar refractivity (Wildman–Crippen MR) is 88.2 cm³/mol. The molecule has 3 N–H and O–H groups in total. The average Bonchev–Trinajstić information content (AvgIpc) is 2.49. The number of carbonyl (C=O) groups is 3. The lowest BCUT2D eigenvalue weighted by Crippen LogP contribution is -2.28. The van der Waals surface area contributed by atoms with Gasteiger partial charge in [-0.05, 0) is 31.2 Å². The number of anilines is 2. The third kappa shape index (κ3) is 7.30. The second-order valence-electron chi connectivity index (χ2n) is 5.17. The maximum atomic E-state index is 11.7. The van der Waals surface area contributed by atoms with E-state index in [-0.39, 0.29) is 37.3 Å². The third-order valence-corrected chi connectivity index (χ3v) is 2.86. The molecule has 0 radical (unpaired) electrons. The van der Waals surface area contributed by atoms with Gasteiger partial charge in [-0.3, -0.25) is 9.59 Å². The van der Waals surface area contributed by atoms with Gasteiger partial charge < -0.3 is 20.7 Å². The lowest BCUT2D eigenvalue weighted by molar-refractivity contribution is -0.119. The van der Waals surface area contributed by atoms with Crippen LogP contribution in [0.5, 0.6) is 0 Å². The number of alkyl carbamates (subject to hydrolysis) is 1. The van der Waals surface area contributed by atoms with Gasteiger partial charge in [-0.25, -0.2) is 4.79 Å². The van der Waals surface area contributed by atoms with E-state index < -0.39 is 6.09 Å². The van der Waals surface area contributed by atoms with Gasteiger partial charge in [-0.1, -0.05) is 13.8 Å². The summed E-state index contributed by atoms with van der Waals surface area (Å²) in [7, 11) is 0. The van der Waals surface area contributed by atoms with E-state index in [4.69, 9.17) is 0 Å².